The van der Waals surface area contributed by atoms with Crippen molar-refractivity contribution in [2.75, 3.05) is 19.7 Å². The van der Waals surface area contributed by atoms with Crippen LogP contribution >= 0.6 is 0 Å². The molecule has 2 heteroatoms. The van der Waals surface area contributed by atoms with E-state index in [9.17, 15) is 0 Å². The van der Waals surface area contributed by atoms with Crippen LogP contribution in [0.1, 0.15) is 18.4 Å². The molecule has 1 saturated heterocycles. The average molecular weight is 205 g/mol. The van der Waals surface area contributed by atoms with Crippen LogP contribution in [0.5, 0.6) is 5.75 Å². The second-order valence-electron chi connectivity index (χ2n) is 4.34. The fraction of sp³-hybridized carbons (Fsp3) is 0.538. The van der Waals surface area contributed by atoms with E-state index in [1.807, 2.05) is 12.1 Å². The standard InChI is InChI=1S/C13H19NO/c1-11-4-6-13(7-5-11)15-10-12-3-2-8-14-9-12/h4-7,12,14H,2-3,8-10H2,1H3/t12-/m1/s1. The quantitative estimate of drug-likeness (QED) is 0.818. The van der Waals surface area contributed by atoms with E-state index in [2.05, 4.69) is 24.4 Å². The molecular weight excluding hydrogens is 186 g/mol. The lowest BCUT2D eigenvalue weighted by Crippen LogP contribution is -2.33. The topological polar surface area (TPSA) is 21.3 Å². The Balaban J connectivity index is 1.79. The summed E-state index contributed by atoms with van der Waals surface area (Å²) in [5.41, 5.74) is 1.28. The highest BCUT2D eigenvalue weighted by atomic mass is 16.5. The van der Waals surface area contributed by atoms with Gasteiger partial charge in [0.25, 0.3) is 0 Å². The first-order valence-electron chi connectivity index (χ1n) is 5.75. The van der Waals surface area contributed by atoms with Gasteiger partial charge in [-0.05, 0) is 38.4 Å². The first-order chi connectivity index (χ1) is 7.34. The van der Waals surface area contributed by atoms with E-state index in [0.717, 1.165) is 18.9 Å². The summed E-state index contributed by atoms with van der Waals surface area (Å²) in [6.45, 7) is 5.21. The Morgan fingerprint density at radius 3 is 2.80 bits per heavy atom. The third kappa shape index (κ3) is 3.24. The van der Waals surface area contributed by atoms with E-state index in [1.165, 1.54) is 24.9 Å². The molecule has 1 aliphatic rings. The number of nitrogens with one attached hydrogen (secondary N) is 1. The van der Waals surface area contributed by atoms with Gasteiger partial charge in [0.05, 0.1) is 6.61 Å². The molecule has 15 heavy (non-hydrogen) atoms. The first-order valence-corrected chi connectivity index (χ1v) is 5.75. The zero-order valence-corrected chi connectivity index (χ0v) is 9.33. The summed E-state index contributed by atoms with van der Waals surface area (Å²) in [5, 5.41) is 3.40. The van der Waals surface area contributed by atoms with Gasteiger partial charge >= 0.3 is 0 Å². The van der Waals surface area contributed by atoms with Crippen LogP contribution in [0, 0.1) is 12.8 Å². The van der Waals surface area contributed by atoms with Crippen molar-refractivity contribution >= 4 is 0 Å². The van der Waals surface area contributed by atoms with Crippen LogP contribution in [-0.4, -0.2) is 19.7 Å². The van der Waals surface area contributed by atoms with Crippen molar-refractivity contribution in [3.63, 3.8) is 0 Å². The number of aryl methyl sites for hydroxylation is 1. The molecule has 0 radical (unpaired) electrons. The van der Waals surface area contributed by atoms with Crippen LogP contribution in [0.15, 0.2) is 24.3 Å². The molecule has 0 aliphatic carbocycles. The Labute approximate surface area is 91.6 Å². The smallest absolute Gasteiger partial charge is 0.119 e. The van der Waals surface area contributed by atoms with E-state index in [1.54, 1.807) is 0 Å². The second-order valence-corrected chi connectivity index (χ2v) is 4.34. The lowest BCUT2D eigenvalue weighted by atomic mass is 10.0. The third-order valence-corrected chi connectivity index (χ3v) is 2.91. The molecule has 1 aromatic rings. The maximum atomic E-state index is 5.76. The van der Waals surface area contributed by atoms with Crippen LogP contribution in [0.3, 0.4) is 0 Å². The van der Waals surface area contributed by atoms with Gasteiger partial charge in [-0.1, -0.05) is 17.7 Å². The van der Waals surface area contributed by atoms with Gasteiger partial charge in [0.2, 0.25) is 0 Å². The number of rotatable bonds is 3. The van der Waals surface area contributed by atoms with Crippen LogP contribution in [0.25, 0.3) is 0 Å². The molecule has 2 nitrogen and oxygen atoms in total. The number of hydrogen-bond acceptors (Lipinski definition) is 2. The number of benzene rings is 1. The van der Waals surface area contributed by atoms with Crippen molar-refractivity contribution in [2.24, 2.45) is 5.92 Å². The van der Waals surface area contributed by atoms with Crippen LogP contribution in [0.4, 0.5) is 0 Å². The van der Waals surface area contributed by atoms with Gasteiger partial charge in [0.15, 0.2) is 0 Å². The summed E-state index contributed by atoms with van der Waals surface area (Å²) >= 11 is 0. The predicted molar refractivity (Wildman–Crippen MR) is 62.3 cm³/mol. The molecule has 0 aromatic heterocycles. The molecule has 1 fully saturated rings. The first kappa shape index (κ1) is 10.5. The van der Waals surface area contributed by atoms with Crippen molar-refractivity contribution in [2.45, 2.75) is 19.8 Å². The zero-order chi connectivity index (χ0) is 10.5. The summed E-state index contributed by atoms with van der Waals surface area (Å²) in [6, 6.07) is 8.28. The SMILES string of the molecule is Cc1ccc(OC[C@@H]2CCCNC2)cc1. The number of piperidine rings is 1. The molecular formula is C13H19NO. The molecule has 0 unspecified atom stereocenters. The van der Waals surface area contributed by atoms with Crippen molar-refractivity contribution in [1.29, 1.82) is 0 Å². The summed E-state index contributed by atoms with van der Waals surface area (Å²) in [6.07, 6.45) is 2.57. The molecule has 2 rings (SSSR count). The average Bonchev–Trinajstić information content (AvgIpc) is 2.30. The largest absolute Gasteiger partial charge is 0.493 e. The van der Waals surface area contributed by atoms with Gasteiger partial charge in [-0.25, -0.2) is 0 Å². The lowest BCUT2D eigenvalue weighted by Gasteiger charge is -2.22. The fourth-order valence-electron chi connectivity index (χ4n) is 1.91. The normalized spacial score (nSPS) is 21.3. The van der Waals surface area contributed by atoms with E-state index in [0.29, 0.717) is 5.92 Å². The summed E-state index contributed by atoms with van der Waals surface area (Å²) in [4.78, 5) is 0. The van der Waals surface area contributed by atoms with Gasteiger partial charge in [-0.3, -0.25) is 0 Å². The van der Waals surface area contributed by atoms with Gasteiger partial charge < -0.3 is 10.1 Å². The monoisotopic (exact) mass is 205 g/mol. The molecule has 0 bridgehead atoms. The van der Waals surface area contributed by atoms with Gasteiger partial charge in [-0.2, -0.15) is 0 Å². The van der Waals surface area contributed by atoms with Crippen LogP contribution in [0.2, 0.25) is 0 Å². The van der Waals surface area contributed by atoms with E-state index in [-0.39, 0.29) is 0 Å². The Morgan fingerprint density at radius 2 is 2.13 bits per heavy atom. The predicted octanol–water partition coefficient (Wildman–Crippen LogP) is 2.37. The highest BCUT2D eigenvalue weighted by Gasteiger charge is 2.13. The highest BCUT2D eigenvalue weighted by Crippen LogP contribution is 2.15. The molecule has 1 heterocycles. The minimum absolute atomic E-state index is 0.681. The molecule has 1 aromatic carbocycles. The Morgan fingerprint density at radius 1 is 1.33 bits per heavy atom. The molecule has 0 saturated carbocycles. The summed E-state index contributed by atoms with van der Waals surface area (Å²) in [5.74, 6) is 1.67. The highest BCUT2D eigenvalue weighted by molar-refractivity contribution is 5.26. The molecule has 1 N–H and O–H groups in total. The Kier molecular flexibility index (Phi) is 3.62. The summed E-state index contributed by atoms with van der Waals surface area (Å²) in [7, 11) is 0. The maximum Gasteiger partial charge on any atom is 0.119 e. The van der Waals surface area contributed by atoms with Gasteiger partial charge in [-0.15, -0.1) is 0 Å². The van der Waals surface area contributed by atoms with Crippen LogP contribution < -0.4 is 10.1 Å². The van der Waals surface area contributed by atoms with E-state index in [4.69, 9.17) is 4.74 Å². The van der Waals surface area contributed by atoms with Crippen molar-refractivity contribution in [3.8, 4) is 5.75 Å². The van der Waals surface area contributed by atoms with Crippen molar-refractivity contribution in [3.05, 3.63) is 29.8 Å². The lowest BCUT2D eigenvalue weighted by molar-refractivity contribution is 0.218. The molecule has 0 spiro atoms. The molecule has 1 atom stereocenters. The minimum atomic E-state index is 0.681. The van der Waals surface area contributed by atoms with Crippen LogP contribution in [-0.2, 0) is 0 Å². The third-order valence-electron chi connectivity index (χ3n) is 2.91. The second kappa shape index (κ2) is 5.17. The van der Waals surface area contributed by atoms with Crippen molar-refractivity contribution < 1.29 is 4.74 Å². The van der Waals surface area contributed by atoms with Gasteiger partial charge in [0.1, 0.15) is 5.75 Å². The Bertz CT molecular complexity index is 288. The van der Waals surface area contributed by atoms with E-state index < -0.39 is 0 Å². The Hall–Kier alpha value is -1.02. The zero-order valence-electron chi connectivity index (χ0n) is 9.33. The maximum absolute atomic E-state index is 5.76. The molecule has 0 amide bonds. The molecule has 1 aliphatic heterocycles. The minimum Gasteiger partial charge on any atom is -0.493 e. The number of ether oxygens (including phenoxy) is 1. The summed E-state index contributed by atoms with van der Waals surface area (Å²) < 4.78 is 5.76. The van der Waals surface area contributed by atoms with Crippen molar-refractivity contribution in [1.82, 2.24) is 5.32 Å². The van der Waals surface area contributed by atoms with E-state index >= 15 is 0 Å². The number of hydrogen-bond donors (Lipinski definition) is 1. The molecule has 82 valence electrons. The van der Waals surface area contributed by atoms with Gasteiger partial charge in [0, 0.05) is 12.5 Å². The fourth-order valence-corrected chi connectivity index (χ4v) is 1.91.